The predicted molar refractivity (Wildman–Crippen MR) is 52.7 cm³/mol. The Morgan fingerprint density at radius 3 is 2.67 bits per heavy atom. The fourth-order valence-electron chi connectivity index (χ4n) is 1.28. The number of thiophene rings is 1. The lowest BCUT2D eigenvalue weighted by atomic mass is 10.2. The van der Waals surface area contributed by atoms with Crippen LogP contribution < -0.4 is 5.32 Å². The highest BCUT2D eigenvalue weighted by atomic mass is 32.1. The van der Waals surface area contributed by atoms with Crippen LogP contribution >= 0.6 is 11.3 Å². The van der Waals surface area contributed by atoms with Crippen LogP contribution in [0.2, 0.25) is 0 Å². The predicted octanol–water partition coefficient (Wildman–Crippen LogP) is 1.62. The molecular weight excluding hydrogens is 170 g/mol. The lowest BCUT2D eigenvalue weighted by molar-refractivity contribution is 0.181. The highest BCUT2D eigenvalue weighted by Crippen LogP contribution is 2.26. The minimum Gasteiger partial charge on any atom is -0.386 e. The monoisotopic (exact) mass is 185 g/mol. The van der Waals surface area contributed by atoms with Gasteiger partial charge in [-0.1, -0.05) is 0 Å². The van der Waals surface area contributed by atoms with E-state index in [4.69, 9.17) is 0 Å². The zero-order chi connectivity index (χ0) is 9.14. The van der Waals surface area contributed by atoms with Crippen molar-refractivity contribution in [3.63, 3.8) is 0 Å². The molecule has 0 radical (unpaired) electrons. The Kier molecular flexibility index (Phi) is 3.26. The van der Waals surface area contributed by atoms with E-state index in [0.29, 0.717) is 6.54 Å². The van der Waals surface area contributed by atoms with E-state index in [0.717, 1.165) is 4.88 Å². The van der Waals surface area contributed by atoms with Gasteiger partial charge in [0.2, 0.25) is 0 Å². The van der Waals surface area contributed by atoms with Crippen LogP contribution in [0.1, 0.15) is 21.4 Å². The third-order valence-corrected chi connectivity index (χ3v) is 3.03. The van der Waals surface area contributed by atoms with E-state index in [1.807, 2.05) is 14.0 Å². The number of aryl methyl sites for hydroxylation is 2. The van der Waals surface area contributed by atoms with Crippen molar-refractivity contribution in [2.24, 2.45) is 0 Å². The Labute approximate surface area is 77.2 Å². The fraction of sp³-hybridized carbons (Fsp3) is 0.556. The number of likely N-dealkylation sites (N-methyl/N-ethyl adjacent to an activating group) is 1. The van der Waals surface area contributed by atoms with Gasteiger partial charge in [0.25, 0.3) is 0 Å². The summed E-state index contributed by atoms with van der Waals surface area (Å²) in [5.74, 6) is 0. The summed E-state index contributed by atoms with van der Waals surface area (Å²) in [7, 11) is 1.85. The molecular formula is C9H15NOS. The average molecular weight is 185 g/mol. The van der Waals surface area contributed by atoms with Crippen LogP contribution in [0.4, 0.5) is 0 Å². The fourth-order valence-corrected chi connectivity index (χ4v) is 2.30. The van der Waals surface area contributed by atoms with Gasteiger partial charge >= 0.3 is 0 Å². The third kappa shape index (κ3) is 2.06. The van der Waals surface area contributed by atoms with E-state index in [1.165, 1.54) is 10.4 Å². The highest BCUT2D eigenvalue weighted by molar-refractivity contribution is 7.12. The van der Waals surface area contributed by atoms with E-state index in [2.05, 4.69) is 18.3 Å². The zero-order valence-electron chi connectivity index (χ0n) is 7.72. The molecule has 2 N–H and O–H groups in total. The molecule has 0 aliphatic carbocycles. The summed E-state index contributed by atoms with van der Waals surface area (Å²) in [6.07, 6.45) is -0.353. The van der Waals surface area contributed by atoms with Gasteiger partial charge in [-0.2, -0.15) is 0 Å². The van der Waals surface area contributed by atoms with E-state index in [1.54, 1.807) is 11.3 Å². The van der Waals surface area contributed by atoms with Crippen LogP contribution in [0.3, 0.4) is 0 Å². The lowest BCUT2D eigenvalue weighted by Crippen LogP contribution is -2.16. The first kappa shape index (κ1) is 9.71. The maximum atomic E-state index is 9.66. The number of aliphatic hydroxyl groups excluding tert-OH is 1. The third-order valence-electron chi connectivity index (χ3n) is 1.78. The first-order chi connectivity index (χ1) is 5.65. The molecule has 1 unspecified atom stereocenters. The zero-order valence-corrected chi connectivity index (χ0v) is 8.53. The maximum Gasteiger partial charge on any atom is 0.101 e. The molecule has 68 valence electrons. The molecule has 1 heterocycles. The standard InChI is InChI=1S/C9H15NOS/c1-6-4-7(2)12-9(6)8(11)5-10-3/h4,8,10-11H,5H2,1-3H3. The molecule has 3 heteroatoms. The number of nitrogens with one attached hydrogen (secondary N) is 1. The summed E-state index contributed by atoms with van der Waals surface area (Å²) >= 11 is 1.67. The molecule has 1 rings (SSSR count). The Bertz CT molecular complexity index is 257. The van der Waals surface area contributed by atoms with Crippen LogP contribution in [0, 0.1) is 13.8 Å². The molecule has 1 aromatic heterocycles. The van der Waals surface area contributed by atoms with Crippen molar-refractivity contribution < 1.29 is 5.11 Å². The Balaban J connectivity index is 2.79. The SMILES string of the molecule is CNCC(O)c1sc(C)cc1C. The maximum absolute atomic E-state index is 9.66. The van der Waals surface area contributed by atoms with Gasteiger partial charge in [0.05, 0.1) is 0 Å². The molecule has 0 amide bonds. The Morgan fingerprint density at radius 2 is 2.25 bits per heavy atom. The highest BCUT2D eigenvalue weighted by Gasteiger charge is 2.11. The molecule has 1 aromatic rings. The molecule has 0 bridgehead atoms. The van der Waals surface area contributed by atoms with Gasteiger partial charge in [-0.15, -0.1) is 11.3 Å². The molecule has 0 aromatic carbocycles. The van der Waals surface area contributed by atoms with E-state index >= 15 is 0 Å². The van der Waals surface area contributed by atoms with Crippen molar-refractivity contribution in [3.8, 4) is 0 Å². The minimum absolute atomic E-state index is 0.353. The molecule has 1 atom stereocenters. The number of aliphatic hydroxyl groups is 1. The molecule has 2 nitrogen and oxygen atoms in total. The van der Waals surface area contributed by atoms with Gasteiger partial charge < -0.3 is 10.4 Å². The average Bonchev–Trinajstić information content (AvgIpc) is 2.30. The van der Waals surface area contributed by atoms with Gasteiger partial charge in [0.15, 0.2) is 0 Å². The van der Waals surface area contributed by atoms with Crippen LogP contribution in [-0.4, -0.2) is 18.7 Å². The normalized spacial score (nSPS) is 13.3. The van der Waals surface area contributed by atoms with Gasteiger partial charge in [0.1, 0.15) is 6.10 Å². The molecule has 0 spiro atoms. The lowest BCUT2D eigenvalue weighted by Gasteiger charge is -2.08. The topological polar surface area (TPSA) is 32.3 Å². The summed E-state index contributed by atoms with van der Waals surface area (Å²) in [5.41, 5.74) is 1.19. The first-order valence-corrected chi connectivity index (χ1v) is 4.86. The molecule has 0 aliphatic rings. The van der Waals surface area contributed by atoms with Crippen LogP contribution in [0.5, 0.6) is 0 Å². The van der Waals surface area contributed by atoms with E-state index in [-0.39, 0.29) is 6.10 Å². The number of hydrogen-bond acceptors (Lipinski definition) is 3. The number of rotatable bonds is 3. The van der Waals surface area contributed by atoms with Gasteiger partial charge in [-0.25, -0.2) is 0 Å². The second kappa shape index (κ2) is 4.03. The van der Waals surface area contributed by atoms with Gasteiger partial charge in [0, 0.05) is 16.3 Å². The Hall–Kier alpha value is -0.380. The molecule has 0 saturated carbocycles. The minimum atomic E-state index is -0.353. The Morgan fingerprint density at radius 1 is 1.58 bits per heavy atom. The summed E-state index contributed by atoms with van der Waals surface area (Å²) in [6.45, 7) is 4.73. The smallest absolute Gasteiger partial charge is 0.101 e. The van der Waals surface area contributed by atoms with Crippen molar-refractivity contribution in [1.82, 2.24) is 5.32 Å². The summed E-state index contributed by atoms with van der Waals surface area (Å²) in [6, 6.07) is 2.11. The first-order valence-electron chi connectivity index (χ1n) is 4.04. The van der Waals surface area contributed by atoms with E-state index in [9.17, 15) is 5.11 Å². The van der Waals surface area contributed by atoms with E-state index < -0.39 is 0 Å². The summed E-state index contributed by atoms with van der Waals surface area (Å²) in [5, 5.41) is 12.6. The van der Waals surface area contributed by atoms with Crippen LogP contribution in [0.15, 0.2) is 6.07 Å². The van der Waals surface area contributed by atoms with Crippen molar-refractivity contribution in [1.29, 1.82) is 0 Å². The van der Waals surface area contributed by atoms with Gasteiger partial charge in [-0.05, 0) is 32.5 Å². The van der Waals surface area contributed by atoms with Crippen LogP contribution in [0.25, 0.3) is 0 Å². The van der Waals surface area contributed by atoms with Crippen molar-refractivity contribution in [2.75, 3.05) is 13.6 Å². The summed E-state index contributed by atoms with van der Waals surface area (Å²) < 4.78 is 0. The molecule has 0 saturated heterocycles. The number of hydrogen-bond donors (Lipinski definition) is 2. The largest absolute Gasteiger partial charge is 0.386 e. The molecule has 0 aliphatic heterocycles. The van der Waals surface area contributed by atoms with Gasteiger partial charge in [-0.3, -0.25) is 0 Å². The second-order valence-corrected chi connectivity index (χ2v) is 4.27. The quantitative estimate of drug-likeness (QED) is 0.750. The summed E-state index contributed by atoms with van der Waals surface area (Å²) in [4.78, 5) is 2.35. The molecule has 12 heavy (non-hydrogen) atoms. The van der Waals surface area contributed by atoms with Crippen molar-refractivity contribution >= 4 is 11.3 Å². The molecule has 0 fully saturated rings. The second-order valence-electron chi connectivity index (χ2n) is 2.98. The van der Waals surface area contributed by atoms with Crippen molar-refractivity contribution in [3.05, 3.63) is 21.4 Å². The van der Waals surface area contributed by atoms with Crippen LogP contribution in [-0.2, 0) is 0 Å². The van der Waals surface area contributed by atoms with Crippen molar-refractivity contribution in [2.45, 2.75) is 20.0 Å².